The van der Waals surface area contributed by atoms with Gasteiger partial charge in [0.1, 0.15) is 5.71 Å². The van der Waals surface area contributed by atoms with Gasteiger partial charge in [-0.05, 0) is 0 Å². The Labute approximate surface area is 52.8 Å². The van der Waals surface area contributed by atoms with Crippen LogP contribution < -0.4 is 0 Å². The number of thiol groups is 1. The molecule has 0 aliphatic heterocycles. The van der Waals surface area contributed by atoms with Gasteiger partial charge in [0, 0.05) is 12.7 Å². The molecule has 0 rings (SSSR count). The number of carbonyl (C=O) groups is 1. The minimum atomic E-state index is -0.248. The van der Waals surface area contributed by atoms with Gasteiger partial charge in [-0.1, -0.05) is 5.16 Å². The molecule has 0 aromatic heterocycles. The van der Waals surface area contributed by atoms with E-state index in [1.165, 1.54) is 6.92 Å². The van der Waals surface area contributed by atoms with Gasteiger partial charge in [-0.25, -0.2) is 0 Å². The summed E-state index contributed by atoms with van der Waals surface area (Å²) in [5.41, 5.74) is 0.0910. The van der Waals surface area contributed by atoms with Gasteiger partial charge in [-0.3, -0.25) is 4.79 Å². The molecular formula is C4H7NO2S. The molecule has 46 valence electrons. The van der Waals surface area contributed by atoms with Crippen LogP contribution >= 0.6 is 12.6 Å². The Morgan fingerprint density at radius 1 is 1.88 bits per heavy atom. The molecule has 1 N–H and O–H groups in total. The Bertz CT molecular complexity index is 121. The van der Waals surface area contributed by atoms with Crippen molar-refractivity contribution in [2.45, 2.75) is 6.92 Å². The van der Waals surface area contributed by atoms with Crippen LogP contribution in [0.3, 0.4) is 0 Å². The van der Waals surface area contributed by atoms with Crippen LogP contribution in [-0.2, 0) is 4.79 Å². The van der Waals surface area contributed by atoms with Gasteiger partial charge in [0.25, 0.3) is 0 Å². The number of hydrogen-bond donors (Lipinski definition) is 2. The fraction of sp³-hybridized carbons (Fsp3) is 0.500. The number of ketones is 1. The maximum atomic E-state index is 10.3. The van der Waals surface area contributed by atoms with E-state index < -0.39 is 0 Å². The van der Waals surface area contributed by atoms with Gasteiger partial charge in [0.2, 0.25) is 0 Å². The number of Topliss-reactive ketones (excluding diaryl/α,β-unsaturated/α-hetero) is 1. The van der Waals surface area contributed by atoms with E-state index in [2.05, 4.69) is 17.8 Å². The normalized spacial score (nSPS) is 11.5. The van der Waals surface area contributed by atoms with E-state index in [0.29, 0.717) is 0 Å². The number of carbonyl (C=O) groups excluding carboxylic acids is 1. The molecule has 0 atom stereocenters. The summed E-state index contributed by atoms with van der Waals surface area (Å²) in [7, 11) is 0. The van der Waals surface area contributed by atoms with Crippen molar-refractivity contribution in [2.24, 2.45) is 5.16 Å². The molecule has 3 nitrogen and oxygen atoms in total. The molecule has 0 heterocycles. The molecule has 0 spiro atoms. The Hall–Kier alpha value is -0.510. The Balaban J connectivity index is 3.92. The highest BCUT2D eigenvalue weighted by Crippen LogP contribution is 1.82. The van der Waals surface area contributed by atoms with Crippen molar-refractivity contribution >= 4 is 24.1 Å². The molecule has 0 aromatic rings. The molecule has 0 unspecified atom stereocenters. The molecule has 4 heteroatoms. The predicted molar refractivity (Wildman–Crippen MR) is 33.8 cm³/mol. The molecule has 0 saturated heterocycles. The van der Waals surface area contributed by atoms with Crippen LogP contribution in [0, 0.1) is 0 Å². The molecule has 0 bridgehead atoms. The van der Waals surface area contributed by atoms with Crippen LogP contribution in [0.4, 0.5) is 0 Å². The second-order valence-corrected chi connectivity index (χ2v) is 1.58. The fourth-order valence-electron chi connectivity index (χ4n) is 0.213. The minimum absolute atomic E-state index is 0.0910. The van der Waals surface area contributed by atoms with Crippen LogP contribution in [0.2, 0.25) is 0 Å². The summed E-state index contributed by atoms with van der Waals surface area (Å²) in [6, 6.07) is 0. The lowest BCUT2D eigenvalue weighted by molar-refractivity contribution is -0.111. The third-order valence-electron chi connectivity index (χ3n) is 0.677. The Morgan fingerprint density at radius 3 is 2.38 bits per heavy atom. The van der Waals surface area contributed by atoms with Crippen molar-refractivity contribution in [3.63, 3.8) is 0 Å². The standard InChI is InChI=1S/C4H7NO2S/c1-3(6)4(2-8)5-7/h7-8H,2H2,1H3/b5-4+. The second kappa shape index (κ2) is 3.49. The Morgan fingerprint density at radius 2 is 2.38 bits per heavy atom. The molecule has 0 fully saturated rings. The smallest absolute Gasteiger partial charge is 0.178 e. The fourth-order valence-corrected chi connectivity index (χ4v) is 0.499. The molecular weight excluding hydrogens is 126 g/mol. The monoisotopic (exact) mass is 133 g/mol. The largest absolute Gasteiger partial charge is 0.411 e. The molecule has 0 aromatic carbocycles. The molecule has 8 heavy (non-hydrogen) atoms. The van der Waals surface area contributed by atoms with E-state index in [9.17, 15) is 4.79 Å². The van der Waals surface area contributed by atoms with Crippen LogP contribution in [-0.4, -0.2) is 22.5 Å². The first-order valence-corrected chi connectivity index (χ1v) is 2.68. The maximum absolute atomic E-state index is 10.3. The third-order valence-corrected chi connectivity index (χ3v) is 0.976. The molecule has 0 radical (unpaired) electrons. The second-order valence-electron chi connectivity index (χ2n) is 1.26. The zero-order valence-electron chi connectivity index (χ0n) is 4.46. The lowest BCUT2D eigenvalue weighted by Crippen LogP contribution is -2.10. The molecule has 0 aliphatic rings. The SMILES string of the molecule is CC(=O)/C(CS)=N/O. The molecule has 0 amide bonds. The van der Waals surface area contributed by atoms with E-state index >= 15 is 0 Å². The zero-order chi connectivity index (χ0) is 6.57. The predicted octanol–water partition coefficient (Wildman–Crippen LogP) is 0.335. The highest BCUT2D eigenvalue weighted by molar-refractivity contribution is 7.81. The van der Waals surface area contributed by atoms with E-state index in [4.69, 9.17) is 5.21 Å². The van der Waals surface area contributed by atoms with Crippen molar-refractivity contribution < 1.29 is 10.0 Å². The molecule has 0 aliphatic carbocycles. The number of rotatable bonds is 2. The summed E-state index contributed by atoms with van der Waals surface area (Å²) in [5.74, 6) is -0.0613. The van der Waals surface area contributed by atoms with Crippen molar-refractivity contribution in [3.05, 3.63) is 0 Å². The summed E-state index contributed by atoms with van der Waals surface area (Å²) in [6.45, 7) is 1.32. The zero-order valence-corrected chi connectivity index (χ0v) is 5.35. The highest BCUT2D eigenvalue weighted by atomic mass is 32.1. The van der Waals surface area contributed by atoms with Gasteiger partial charge in [0.15, 0.2) is 5.78 Å². The number of nitrogens with zero attached hydrogens (tertiary/aromatic N) is 1. The maximum Gasteiger partial charge on any atom is 0.178 e. The third kappa shape index (κ3) is 1.97. The van der Waals surface area contributed by atoms with Crippen LogP contribution in [0.25, 0.3) is 0 Å². The average Bonchev–Trinajstić information content (AvgIpc) is 1.69. The lowest BCUT2D eigenvalue weighted by Gasteiger charge is -1.88. The Kier molecular flexibility index (Phi) is 3.26. The summed E-state index contributed by atoms with van der Waals surface area (Å²) in [5, 5.41) is 10.7. The quantitative estimate of drug-likeness (QED) is 0.247. The van der Waals surface area contributed by atoms with Crippen molar-refractivity contribution in [1.82, 2.24) is 0 Å². The van der Waals surface area contributed by atoms with E-state index in [-0.39, 0.29) is 17.2 Å². The van der Waals surface area contributed by atoms with E-state index in [1.54, 1.807) is 0 Å². The van der Waals surface area contributed by atoms with Gasteiger partial charge in [-0.15, -0.1) is 0 Å². The number of oxime groups is 1. The summed E-state index contributed by atoms with van der Waals surface area (Å²) < 4.78 is 0. The van der Waals surface area contributed by atoms with Crippen molar-refractivity contribution in [3.8, 4) is 0 Å². The van der Waals surface area contributed by atoms with Crippen LogP contribution in [0.5, 0.6) is 0 Å². The summed E-state index contributed by atoms with van der Waals surface area (Å²) in [6.07, 6.45) is 0. The number of hydrogen-bond acceptors (Lipinski definition) is 4. The van der Waals surface area contributed by atoms with Crippen LogP contribution in [0.1, 0.15) is 6.92 Å². The topological polar surface area (TPSA) is 49.7 Å². The van der Waals surface area contributed by atoms with Gasteiger partial charge in [0.05, 0.1) is 0 Å². The average molecular weight is 133 g/mol. The first kappa shape index (κ1) is 7.49. The summed E-state index contributed by atoms with van der Waals surface area (Å²) >= 11 is 3.72. The minimum Gasteiger partial charge on any atom is -0.411 e. The first-order valence-electron chi connectivity index (χ1n) is 2.05. The van der Waals surface area contributed by atoms with E-state index in [1.807, 2.05) is 0 Å². The molecule has 0 saturated carbocycles. The van der Waals surface area contributed by atoms with E-state index in [0.717, 1.165) is 0 Å². The van der Waals surface area contributed by atoms with Gasteiger partial charge >= 0.3 is 0 Å². The first-order chi connectivity index (χ1) is 3.72. The van der Waals surface area contributed by atoms with Gasteiger partial charge in [-0.2, -0.15) is 12.6 Å². The van der Waals surface area contributed by atoms with Crippen molar-refractivity contribution in [1.29, 1.82) is 0 Å². The van der Waals surface area contributed by atoms with Gasteiger partial charge < -0.3 is 5.21 Å². The highest BCUT2D eigenvalue weighted by Gasteiger charge is 2.00. The van der Waals surface area contributed by atoms with Crippen molar-refractivity contribution in [2.75, 3.05) is 5.75 Å². The lowest BCUT2D eigenvalue weighted by atomic mass is 10.3. The van der Waals surface area contributed by atoms with Crippen LogP contribution in [0.15, 0.2) is 5.16 Å². The summed E-state index contributed by atoms with van der Waals surface area (Å²) in [4.78, 5) is 10.3.